The molecule has 0 aromatic rings. The van der Waals surface area contributed by atoms with Crippen molar-refractivity contribution >= 4 is 35.7 Å². The molecular weight excluding hydrogens is 478 g/mol. The van der Waals surface area contributed by atoms with Crippen LogP contribution in [-0.4, -0.2) is 83.3 Å². The Labute approximate surface area is 209 Å². The number of carboxylic acids is 1. The number of hydrogen-bond donors (Lipinski definition) is 6. The minimum absolute atomic E-state index is 0.142. The first-order valence-electron chi connectivity index (χ1n) is 11.8. The van der Waals surface area contributed by atoms with Crippen LogP contribution in [0.25, 0.3) is 0 Å². The largest absolute Gasteiger partial charge is 0.480 e. The number of carbonyl (C=O) groups excluding carboxylic acids is 5. The molecule has 1 aliphatic heterocycles. The molecule has 204 valence electrons. The summed E-state index contributed by atoms with van der Waals surface area (Å²) in [7, 11) is 0. The molecule has 0 aliphatic carbocycles. The standard InChI is InChI=1S/C22H37N5O9/c1-6-8-11(27-21(34)36-22(3,4)5)17(29)26-13(18(30)25-12(9-7-2)20(32)33)10-24-19(31)15-14(35-15)16(23)28/h11-15H,6-10H2,1-5H3,(H2,23,28)(H,24,31)(H,25,30)(H,26,29)(H,27,34)(H,32,33)/t11-,12-,13-,14?,15?/m0/s1. The van der Waals surface area contributed by atoms with Crippen molar-refractivity contribution in [3.8, 4) is 0 Å². The normalized spacial score (nSPS) is 19.1. The van der Waals surface area contributed by atoms with Crippen LogP contribution in [0.3, 0.4) is 0 Å². The Hall–Kier alpha value is -3.42. The average Bonchev–Trinajstić information content (AvgIpc) is 3.55. The molecule has 2 unspecified atom stereocenters. The van der Waals surface area contributed by atoms with E-state index < -0.39 is 78.2 Å². The zero-order valence-electron chi connectivity index (χ0n) is 21.2. The van der Waals surface area contributed by atoms with Crippen molar-refractivity contribution in [2.45, 2.75) is 96.2 Å². The van der Waals surface area contributed by atoms with Gasteiger partial charge in [-0.05, 0) is 33.6 Å². The van der Waals surface area contributed by atoms with Gasteiger partial charge in [0.1, 0.15) is 23.7 Å². The van der Waals surface area contributed by atoms with E-state index in [1.54, 1.807) is 34.6 Å². The highest BCUT2D eigenvalue weighted by Crippen LogP contribution is 2.21. The number of primary amides is 1. The van der Waals surface area contributed by atoms with E-state index in [0.29, 0.717) is 12.8 Å². The van der Waals surface area contributed by atoms with E-state index in [0.717, 1.165) is 0 Å². The molecule has 1 heterocycles. The molecule has 1 rings (SSSR count). The van der Waals surface area contributed by atoms with Gasteiger partial charge in [0.05, 0.1) is 0 Å². The van der Waals surface area contributed by atoms with Gasteiger partial charge in [0.2, 0.25) is 17.7 Å². The lowest BCUT2D eigenvalue weighted by atomic mass is 10.1. The van der Waals surface area contributed by atoms with E-state index in [-0.39, 0.29) is 12.8 Å². The number of rotatable bonds is 14. The molecule has 36 heavy (non-hydrogen) atoms. The first-order valence-corrected chi connectivity index (χ1v) is 11.8. The van der Waals surface area contributed by atoms with Crippen molar-refractivity contribution in [2.75, 3.05) is 6.54 Å². The molecule has 0 aromatic carbocycles. The second-order valence-corrected chi connectivity index (χ2v) is 9.36. The Balaban J connectivity index is 2.96. The molecule has 0 radical (unpaired) electrons. The smallest absolute Gasteiger partial charge is 0.408 e. The number of carbonyl (C=O) groups is 6. The molecule has 1 saturated heterocycles. The van der Waals surface area contributed by atoms with Gasteiger partial charge >= 0.3 is 12.1 Å². The fourth-order valence-corrected chi connectivity index (χ4v) is 3.14. The molecular formula is C22H37N5O9. The van der Waals surface area contributed by atoms with Crippen LogP contribution in [0, 0.1) is 0 Å². The molecule has 0 saturated carbocycles. The zero-order chi connectivity index (χ0) is 27.6. The molecule has 5 amide bonds. The predicted octanol–water partition coefficient (Wildman–Crippen LogP) is -1.10. The van der Waals surface area contributed by atoms with E-state index in [2.05, 4.69) is 21.3 Å². The topological polar surface area (TPSA) is 219 Å². The summed E-state index contributed by atoms with van der Waals surface area (Å²) in [6, 6.07) is -3.67. The lowest BCUT2D eigenvalue weighted by molar-refractivity contribution is -0.142. The quantitative estimate of drug-likeness (QED) is 0.154. The van der Waals surface area contributed by atoms with E-state index in [1.165, 1.54) is 0 Å². The summed E-state index contributed by atoms with van der Waals surface area (Å²) in [6.07, 6.45) is -1.69. The Bertz CT molecular complexity index is 842. The van der Waals surface area contributed by atoms with Crippen molar-refractivity contribution < 1.29 is 43.3 Å². The van der Waals surface area contributed by atoms with Crippen LogP contribution in [0.1, 0.15) is 60.3 Å². The Morgan fingerprint density at radius 2 is 1.42 bits per heavy atom. The third-order valence-corrected chi connectivity index (χ3v) is 4.92. The van der Waals surface area contributed by atoms with Crippen molar-refractivity contribution in [2.24, 2.45) is 5.73 Å². The number of hydrogen-bond acceptors (Lipinski definition) is 8. The van der Waals surface area contributed by atoms with Crippen molar-refractivity contribution in [1.82, 2.24) is 21.3 Å². The van der Waals surface area contributed by atoms with Crippen LogP contribution in [0.2, 0.25) is 0 Å². The second kappa shape index (κ2) is 13.6. The second-order valence-electron chi connectivity index (χ2n) is 9.36. The van der Waals surface area contributed by atoms with Crippen LogP contribution in [0.4, 0.5) is 4.79 Å². The van der Waals surface area contributed by atoms with Gasteiger partial charge in [-0.2, -0.15) is 0 Å². The van der Waals surface area contributed by atoms with Gasteiger partial charge in [0, 0.05) is 6.54 Å². The molecule has 14 nitrogen and oxygen atoms in total. The van der Waals surface area contributed by atoms with Gasteiger partial charge in [-0.3, -0.25) is 19.2 Å². The summed E-state index contributed by atoms with van der Waals surface area (Å²) in [5.41, 5.74) is 4.28. The van der Waals surface area contributed by atoms with Crippen LogP contribution < -0.4 is 27.0 Å². The third-order valence-electron chi connectivity index (χ3n) is 4.92. The number of carboxylic acid groups (broad SMARTS) is 1. The summed E-state index contributed by atoms with van der Waals surface area (Å²) in [4.78, 5) is 72.8. The number of alkyl carbamates (subject to hydrolysis) is 1. The van der Waals surface area contributed by atoms with Crippen molar-refractivity contribution in [3.05, 3.63) is 0 Å². The summed E-state index contributed by atoms with van der Waals surface area (Å²) >= 11 is 0. The maximum Gasteiger partial charge on any atom is 0.408 e. The van der Waals surface area contributed by atoms with Crippen LogP contribution in [-0.2, 0) is 33.4 Å². The Morgan fingerprint density at radius 3 is 1.89 bits per heavy atom. The number of nitrogens with two attached hydrogens (primary N) is 1. The van der Waals surface area contributed by atoms with E-state index in [1.807, 2.05) is 0 Å². The summed E-state index contributed by atoms with van der Waals surface area (Å²) in [5.74, 6) is -4.41. The summed E-state index contributed by atoms with van der Waals surface area (Å²) < 4.78 is 10.1. The number of epoxide rings is 1. The molecule has 0 aromatic heterocycles. The van der Waals surface area contributed by atoms with Gasteiger partial charge < -0.3 is 41.6 Å². The summed E-state index contributed by atoms with van der Waals surface area (Å²) in [5, 5.41) is 19.0. The molecule has 7 N–H and O–H groups in total. The zero-order valence-corrected chi connectivity index (χ0v) is 21.2. The average molecular weight is 516 g/mol. The number of nitrogens with one attached hydrogen (secondary N) is 4. The first-order chi connectivity index (χ1) is 16.7. The minimum atomic E-state index is -1.40. The highest BCUT2D eigenvalue weighted by atomic mass is 16.6. The number of aliphatic carboxylic acids is 1. The van der Waals surface area contributed by atoms with Crippen molar-refractivity contribution in [1.29, 1.82) is 0 Å². The van der Waals surface area contributed by atoms with Crippen LogP contribution >= 0.6 is 0 Å². The molecule has 0 bridgehead atoms. The van der Waals surface area contributed by atoms with E-state index in [9.17, 15) is 33.9 Å². The molecule has 14 heteroatoms. The lowest BCUT2D eigenvalue weighted by Crippen LogP contribution is -2.59. The van der Waals surface area contributed by atoms with Crippen LogP contribution in [0.5, 0.6) is 0 Å². The Kier molecular flexibility index (Phi) is 11.6. The predicted molar refractivity (Wildman–Crippen MR) is 125 cm³/mol. The van der Waals surface area contributed by atoms with Gasteiger partial charge in [0.15, 0.2) is 12.2 Å². The van der Waals surface area contributed by atoms with E-state index in [4.69, 9.17) is 15.2 Å². The van der Waals surface area contributed by atoms with E-state index >= 15 is 0 Å². The molecule has 1 aliphatic rings. The molecule has 5 atom stereocenters. The highest BCUT2D eigenvalue weighted by molar-refractivity contribution is 5.96. The van der Waals surface area contributed by atoms with Crippen LogP contribution in [0.15, 0.2) is 0 Å². The monoisotopic (exact) mass is 515 g/mol. The lowest BCUT2D eigenvalue weighted by Gasteiger charge is -2.26. The molecule has 1 fully saturated rings. The minimum Gasteiger partial charge on any atom is -0.480 e. The maximum atomic E-state index is 13.0. The van der Waals surface area contributed by atoms with Gasteiger partial charge in [-0.15, -0.1) is 0 Å². The van der Waals surface area contributed by atoms with Crippen molar-refractivity contribution in [3.63, 3.8) is 0 Å². The van der Waals surface area contributed by atoms with Gasteiger partial charge in [-0.1, -0.05) is 26.7 Å². The summed E-state index contributed by atoms with van der Waals surface area (Å²) in [6.45, 7) is 8.06. The number of amides is 5. The Morgan fingerprint density at radius 1 is 0.889 bits per heavy atom. The fraction of sp³-hybridized carbons (Fsp3) is 0.727. The number of ether oxygens (including phenoxy) is 2. The SMILES string of the molecule is CCC[C@H](NC(=O)[C@H](CNC(=O)C1OC1C(N)=O)NC(=O)[C@H](CCC)NC(=O)OC(C)(C)C)C(=O)O. The fourth-order valence-electron chi connectivity index (χ4n) is 3.14. The van der Waals surface area contributed by atoms with Gasteiger partial charge in [0.25, 0.3) is 5.91 Å². The van der Waals surface area contributed by atoms with Gasteiger partial charge in [-0.25, -0.2) is 9.59 Å². The maximum absolute atomic E-state index is 13.0. The first kappa shape index (κ1) is 30.6. The molecule has 0 spiro atoms. The third kappa shape index (κ3) is 10.5. The highest BCUT2D eigenvalue weighted by Gasteiger charge is 2.49.